The van der Waals surface area contributed by atoms with E-state index in [9.17, 15) is 4.79 Å². The minimum absolute atomic E-state index is 0.0614. The first-order valence-corrected chi connectivity index (χ1v) is 9.68. The minimum Gasteiger partial charge on any atom is -0.497 e. The van der Waals surface area contributed by atoms with E-state index >= 15 is 0 Å². The first kappa shape index (κ1) is 19.6. The van der Waals surface area contributed by atoms with Gasteiger partial charge in [0.2, 0.25) is 0 Å². The second-order valence-electron chi connectivity index (χ2n) is 7.14. The van der Waals surface area contributed by atoms with E-state index in [1.807, 2.05) is 62.8 Å². The second-order valence-corrected chi connectivity index (χ2v) is 7.14. The van der Waals surface area contributed by atoms with Crippen LogP contribution in [-0.2, 0) is 13.5 Å². The van der Waals surface area contributed by atoms with Crippen LogP contribution in [0.2, 0.25) is 0 Å². The van der Waals surface area contributed by atoms with Gasteiger partial charge in [0.05, 0.1) is 30.1 Å². The molecule has 3 heterocycles. The van der Waals surface area contributed by atoms with Crippen molar-refractivity contribution >= 4 is 16.8 Å². The molecule has 3 aromatic heterocycles. The number of hydrogen-bond donors (Lipinski definition) is 0. The Morgan fingerprint density at radius 3 is 2.77 bits per heavy atom. The van der Waals surface area contributed by atoms with Crippen LogP contribution < -0.4 is 4.74 Å². The van der Waals surface area contributed by atoms with Crippen LogP contribution in [0.4, 0.5) is 0 Å². The third-order valence-corrected chi connectivity index (χ3v) is 5.02. The Balaban J connectivity index is 1.71. The zero-order valence-corrected chi connectivity index (χ0v) is 17.2. The number of ether oxygens (including phenoxy) is 1. The highest BCUT2D eigenvalue weighted by molar-refractivity contribution is 6.07. The number of aryl methyl sites for hydroxylation is 1. The Bertz CT molecular complexity index is 1190. The molecule has 0 aliphatic carbocycles. The third-order valence-electron chi connectivity index (χ3n) is 5.02. The van der Waals surface area contributed by atoms with Gasteiger partial charge >= 0.3 is 0 Å². The maximum absolute atomic E-state index is 13.3. The van der Waals surface area contributed by atoms with Gasteiger partial charge in [-0.3, -0.25) is 14.5 Å². The standard InChI is InChI=1S/C23H23N5O2/c1-27(11-9-17-6-4-5-10-24-17)23(29)20-13-21(16-14-25-28(2)15-16)26-22-12-18(30-3)7-8-19(20)22/h4-8,10,12-15H,9,11H2,1-3H3. The number of methoxy groups -OCH3 is 1. The number of rotatable bonds is 6. The summed E-state index contributed by atoms with van der Waals surface area (Å²) >= 11 is 0. The maximum Gasteiger partial charge on any atom is 0.254 e. The molecule has 0 aliphatic heterocycles. The minimum atomic E-state index is -0.0614. The molecular formula is C23H23N5O2. The fourth-order valence-corrected chi connectivity index (χ4v) is 3.35. The summed E-state index contributed by atoms with van der Waals surface area (Å²) in [6.07, 6.45) is 6.08. The lowest BCUT2D eigenvalue weighted by molar-refractivity contribution is 0.0798. The first-order valence-electron chi connectivity index (χ1n) is 9.68. The van der Waals surface area contributed by atoms with Crippen LogP contribution in [0.1, 0.15) is 16.1 Å². The molecule has 7 heteroatoms. The highest BCUT2D eigenvalue weighted by Crippen LogP contribution is 2.28. The van der Waals surface area contributed by atoms with E-state index in [2.05, 4.69) is 10.1 Å². The number of aromatic nitrogens is 4. The molecule has 1 amide bonds. The molecule has 0 unspecified atom stereocenters. The monoisotopic (exact) mass is 401 g/mol. The van der Waals surface area contributed by atoms with Crippen molar-refractivity contribution in [2.45, 2.75) is 6.42 Å². The molecule has 30 heavy (non-hydrogen) atoms. The molecular weight excluding hydrogens is 378 g/mol. The summed E-state index contributed by atoms with van der Waals surface area (Å²) in [4.78, 5) is 24.2. The fraction of sp³-hybridized carbons (Fsp3) is 0.217. The lowest BCUT2D eigenvalue weighted by Gasteiger charge is -2.19. The molecule has 4 rings (SSSR count). The van der Waals surface area contributed by atoms with Gasteiger partial charge in [0.1, 0.15) is 5.75 Å². The number of fused-ring (bicyclic) bond motifs is 1. The van der Waals surface area contributed by atoms with Crippen molar-refractivity contribution in [3.63, 3.8) is 0 Å². The van der Waals surface area contributed by atoms with E-state index in [1.54, 1.807) is 29.1 Å². The third kappa shape index (κ3) is 4.00. The van der Waals surface area contributed by atoms with E-state index in [4.69, 9.17) is 9.72 Å². The quantitative estimate of drug-likeness (QED) is 0.495. The molecule has 0 fully saturated rings. The van der Waals surface area contributed by atoms with Gasteiger partial charge in [-0.2, -0.15) is 5.10 Å². The van der Waals surface area contributed by atoms with Crippen LogP contribution in [0.5, 0.6) is 5.75 Å². The van der Waals surface area contributed by atoms with Gasteiger partial charge in [-0.25, -0.2) is 4.98 Å². The number of nitrogens with zero attached hydrogens (tertiary/aromatic N) is 5. The molecule has 0 aliphatic rings. The van der Waals surface area contributed by atoms with Crippen LogP contribution in [0.25, 0.3) is 22.2 Å². The van der Waals surface area contributed by atoms with E-state index in [1.165, 1.54) is 0 Å². The Hall–Kier alpha value is -3.74. The molecule has 0 saturated heterocycles. The Morgan fingerprint density at radius 2 is 2.07 bits per heavy atom. The van der Waals surface area contributed by atoms with Crippen molar-refractivity contribution in [1.82, 2.24) is 24.6 Å². The van der Waals surface area contributed by atoms with Crippen molar-refractivity contribution in [3.8, 4) is 17.0 Å². The van der Waals surface area contributed by atoms with E-state index < -0.39 is 0 Å². The average molecular weight is 401 g/mol. The largest absolute Gasteiger partial charge is 0.497 e. The van der Waals surface area contributed by atoms with Crippen LogP contribution in [0, 0.1) is 0 Å². The molecule has 4 aromatic rings. The summed E-state index contributed by atoms with van der Waals surface area (Å²) in [6.45, 7) is 0.568. The Labute approximate surface area is 174 Å². The predicted octanol–water partition coefficient (Wildman–Crippen LogP) is 3.35. The number of hydrogen-bond acceptors (Lipinski definition) is 5. The van der Waals surface area contributed by atoms with E-state index in [0.29, 0.717) is 35.5 Å². The number of likely N-dealkylation sites (N-methyl/N-ethyl adjacent to an activating group) is 1. The molecule has 152 valence electrons. The number of pyridine rings is 2. The van der Waals surface area contributed by atoms with Crippen LogP contribution in [-0.4, -0.2) is 51.3 Å². The van der Waals surface area contributed by atoms with Crippen LogP contribution in [0.15, 0.2) is 61.1 Å². The Morgan fingerprint density at radius 1 is 1.20 bits per heavy atom. The lowest BCUT2D eigenvalue weighted by Crippen LogP contribution is -2.29. The summed E-state index contributed by atoms with van der Waals surface area (Å²) < 4.78 is 7.06. The molecule has 0 bridgehead atoms. The number of carbonyl (C=O) groups excluding carboxylic acids is 1. The summed E-state index contributed by atoms with van der Waals surface area (Å²) in [5.74, 6) is 0.633. The highest BCUT2D eigenvalue weighted by atomic mass is 16.5. The molecule has 0 atom stereocenters. The van der Waals surface area contributed by atoms with Crippen LogP contribution in [0.3, 0.4) is 0 Å². The molecule has 0 radical (unpaired) electrons. The lowest BCUT2D eigenvalue weighted by atomic mass is 10.0. The SMILES string of the molecule is COc1ccc2c(C(=O)N(C)CCc3ccccn3)cc(-c3cnn(C)c3)nc2c1. The number of benzene rings is 1. The summed E-state index contributed by atoms with van der Waals surface area (Å²) in [5, 5.41) is 5.02. The van der Waals surface area contributed by atoms with Crippen molar-refractivity contribution in [1.29, 1.82) is 0 Å². The summed E-state index contributed by atoms with van der Waals surface area (Å²) in [6, 6.07) is 13.2. The highest BCUT2D eigenvalue weighted by Gasteiger charge is 2.18. The number of carbonyl (C=O) groups is 1. The maximum atomic E-state index is 13.3. The average Bonchev–Trinajstić information content (AvgIpc) is 3.22. The normalized spacial score (nSPS) is 10.9. The van der Waals surface area contributed by atoms with Crippen molar-refractivity contribution in [3.05, 3.63) is 72.3 Å². The topological polar surface area (TPSA) is 73.1 Å². The summed E-state index contributed by atoms with van der Waals surface area (Å²) in [5.41, 5.74) is 3.82. The fourth-order valence-electron chi connectivity index (χ4n) is 3.35. The van der Waals surface area contributed by atoms with Gasteiger partial charge in [-0.15, -0.1) is 0 Å². The summed E-state index contributed by atoms with van der Waals surface area (Å²) in [7, 11) is 5.28. The van der Waals surface area contributed by atoms with Crippen molar-refractivity contribution < 1.29 is 9.53 Å². The van der Waals surface area contributed by atoms with E-state index in [-0.39, 0.29) is 5.91 Å². The molecule has 7 nitrogen and oxygen atoms in total. The van der Waals surface area contributed by atoms with Crippen LogP contribution >= 0.6 is 0 Å². The van der Waals surface area contributed by atoms with Gasteiger partial charge in [0.15, 0.2) is 0 Å². The molecule has 0 spiro atoms. The smallest absolute Gasteiger partial charge is 0.254 e. The van der Waals surface area contributed by atoms with Crippen molar-refractivity contribution in [2.75, 3.05) is 20.7 Å². The van der Waals surface area contributed by atoms with Gasteiger partial charge in [0.25, 0.3) is 5.91 Å². The van der Waals surface area contributed by atoms with Gasteiger partial charge < -0.3 is 9.64 Å². The van der Waals surface area contributed by atoms with Gasteiger partial charge in [-0.05, 0) is 30.3 Å². The molecule has 0 saturated carbocycles. The van der Waals surface area contributed by atoms with Crippen molar-refractivity contribution in [2.24, 2.45) is 7.05 Å². The Kier molecular flexibility index (Phi) is 5.43. The van der Waals surface area contributed by atoms with Gasteiger partial charge in [-0.1, -0.05) is 6.07 Å². The van der Waals surface area contributed by atoms with Gasteiger partial charge in [0, 0.05) is 62.2 Å². The molecule has 0 N–H and O–H groups in total. The molecule has 1 aromatic carbocycles. The zero-order chi connectivity index (χ0) is 21.1. The number of amides is 1. The second kappa shape index (κ2) is 8.32. The zero-order valence-electron chi connectivity index (χ0n) is 17.2. The predicted molar refractivity (Wildman–Crippen MR) is 115 cm³/mol. The van der Waals surface area contributed by atoms with E-state index in [0.717, 1.165) is 16.6 Å². The first-order chi connectivity index (χ1) is 14.5.